The number of nitrogens with two attached hydrogens (primary N) is 2. The minimum Gasteiger partial charge on any atom is -0.382 e. The molecule has 32 heavy (non-hydrogen) atoms. The highest BCUT2D eigenvalue weighted by Crippen LogP contribution is 2.29. The molecule has 2 aliphatic rings. The molecule has 2 aromatic rings. The summed E-state index contributed by atoms with van der Waals surface area (Å²) in [6.45, 7) is 10.7. The van der Waals surface area contributed by atoms with Gasteiger partial charge in [-0.15, -0.1) is 0 Å². The molecule has 9 heteroatoms. The van der Waals surface area contributed by atoms with Crippen LogP contribution in [0.1, 0.15) is 41.5 Å². The predicted octanol–water partition coefficient (Wildman–Crippen LogP) is 1.65. The van der Waals surface area contributed by atoms with Gasteiger partial charge in [-0.3, -0.25) is 9.69 Å². The van der Waals surface area contributed by atoms with Gasteiger partial charge in [-0.25, -0.2) is 9.97 Å². The van der Waals surface area contributed by atoms with E-state index >= 15 is 0 Å². The summed E-state index contributed by atoms with van der Waals surface area (Å²) in [5.74, 6) is -0.0349. The van der Waals surface area contributed by atoms with E-state index in [1.54, 1.807) is 0 Å². The molecule has 0 saturated carbocycles. The molecule has 172 valence electrons. The summed E-state index contributed by atoms with van der Waals surface area (Å²) < 4.78 is 0. The fourth-order valence-electron chi connectivity index (χ4n) is 4.75. The van der Waals surface area contributed by atoms with Crippen molar-refractivity contribution >= 4 is 28.9 Å². The van der Waals surface area contributed by atoms with Crippen LogP contribution in [0.2, 0.25) is 0 Å². The second kappa shape index (κ2) is 9.70. The summed E-state index contributed by atoms with van der Waals surface area (Å²) in [4.78, 5) is 25.6. The lowest BCUT2D eigenvalue weighted by atomic mass is 10.0. The zero-order valence-corrected chi connectivity index (χ0v) is 19.0. The molecule has 0 spiro atoms. The summed E-state index contributed by atoms with van der Waals surface area (Å²) >= 11 is 0. The first-order valence-corrected chi connectivity index (χ1v) is 11.5. The number of hydrogen-bond acceptors (Lipinski definition) is 8. The Hall–Kier alpha value is -2.91. The van der Waals surface area contributed by atoms with Gasteiger partial charge in [0, 0.05) is 56.7 Å². The number of piperidine rings is 1. The Kier molecular flexibility index (Phi) is 6.76. The number of carbonyl (C=O) groups excluding carboxylic acids is 1. The maximum Gasteiger partial charge on any atom is 0.271 e. The lowest BCUT2D eigenvalue weighted by Crippen LogP contribution is -2.52. The molecule has 0 bridgehead atoms. The van der Waals surface area contributed by atoms with Crippen molar-refractivity contribution < 1.29 is 4.79 Å². The second-order valence-electron chi connectivity index (χ2n) is 8.60. The molecule has 0 radical (unpaired) electrons. The van der Waals surface area contributed by atoms with Crippen LogP contribution < -0.4 is 27.0 Å². The number of nitrogen functional groups attached to an aromatic ring is 1. The molecule has 4 rings (SSSR count). The molecular formula is C23H34N8O. The van der Waals surface area contributed by atoms with Gasteiger partial charge in [-0.1, -0.05) is 6.92 Å². The van der Waals surface area contributed by atoms with Crippen molar-refractivity contribution in [2.24, 2.45) is 5.73 Å². The van der Waals surface area contributed by atoms with Crippen molar-refractivity contribution in [1.82, 2.24) is 20.2 Å². The first-order chi connectivity index (χ1) is 15.5. The SMILES string of the molecule is CCc1nc(C(N)=O)c(Nc2ccc(N3CCC(N4CCNCC4)CC3)c(C)c2)nc1N. The molecular weight excluding hydrogens is 404 g/mol. The van der Waals surface area contributed by atoms with Gasteiger partial charge in [0.25, 0.3) is 5.91 Å². The average Bonchev–Trinajstić information content (AvgIpc) is 2.80. The third-order valence-electron chi connectivity index (χ3n) is 6.50. The Balaban J connectivity index is 1.45. The Morgan fingerprint density at radius 3 is 2.53 bits per heavy atom. The van der Waals surface area contributed by atoms with Crippen molar-refractivity contribution in [3.05, 3.63) is 35.2 Å². The number of carbonyl (C=O) groups is 1. The highest BCUT2D eigenvalue weighted by molar-refractivity contribution is 5.96. The van der Waals surface area contributed by atoms with E-state index in [1.165, 1.54) is 24.1 Å². The molecule has 2 fully saturated rings. The number of nitrogens with one attached hydrogen (secondary N) is 2. The van der Waals surface area contributed by atoms with Gasteiger partial charge in [-0.05, 0) is 49.9 Å². The number of aryl methyl sites for hydroxylation is 2. The Morgan fingerprint density at radius 1 is 1.19 bits per heavy atom. The van der Waals surface area contributed by atoms with E-state index < -0.39 is 5.91 Å². The Labute approximate surface area is 189 Å². The molecule has 0 unspecified atom stereocenters. The van der Waals surface area contributed by atoms with E-state index in [1.807, 2.05) is 13.0 Å². The van der Waals surface area contributed by atoms with Crippen LogP contribution in [0.4, 0.5) is 23.0 Å². The molecule has 1 aromatic heterocycles. The smallest absolute Gasteiger partial charge is 0.271 e. The molecule has 6 N–H and O–H groups in total. The zero-order chi connectivity index (χ0) is 22.7. The average molecular weight is 439 g/mol. The molecule has 1 aromatic carbocycles. The fourth-order valence-corrected chi connectivity index (χ4v) is 4.75. The van der Waals surface area contributed by atoms with Crippen LogP contribution in [0, 0.1) is 6.92 Å². The van der Waals surface area contributed by atoms with Crippen LogP contribution >= 0.6 is 0 Å². The van der Waals surface area contributed by atoms with Crippen molar-refractivity contribution in [1.29, 1.82) is 0 Å². The van der Waals surface area contributed by atoms with Gasteiger partial charge < -0.3 is 27.0 Å². The molecule has 1 amide bonds. The highest BCUT2D eigenvalue weighted by Gasteiger charge is 2.26. The zero-order valence-electron chi connectivity index (χ0n) is 19.0. The van der Waals surface area contributed by atoms with Gasteiger partial charge >= 0.3 is 0 Å². The number of piperazine rings is 1. The van der Waals surface area contributed by atoms with Crippen LogP contribution in [-0.4, -0.2) is 66.1 Å². The quantitative estimate of drug-likeness (QED) is 0.536. The van der Waals surface area contributed by atoms with E-state index in [-0.39, 0.29) is 11.5 Å². The molecule has 0 atom stereocenters. The van der Waals surface area contributed by atoms with E-state index in [0.29, 0.717) is 24.0 Å². The number of aromatic nitrogens is 2. The van der Waals surface area contributed by atoms with Crippen LogP contribution in [0.25, 0.3) is 0 Å². The third kappa shape index (κ3) is 4.78. The number of benzene rings is 1. The number of amides is 1. The lowest BCUT2D eigenvalue weighted by molar-refractivity contribution is 0.0996. The summed E-state index contributed by atoms with van der Waals surface area (Å²) in [7, 11) is 0. The van der Waals surface area contributed by atoms with E-state index in [2.05, 4.69) is 49.5 Å². The van der Waals surface area contributed by atoms with Crippen molar-refractivity contribution in [2.75, 3.05) is 55.2 Å². The van der Waals surface area contributed by atoms with Gasteiger partial charge in [0.1, 0.15) is 5.82 Å². The van der Waals surface area contributed by atoms with Crippen molar-refractivity contribution in [3.63, 3.8) is 0 Å². The van der Waals surface area contributed by atoms with Crippen molar-refractivity contribution in [2.45, 2.75) is 39.2 Å². The highest BCUT2D eigenvalue weighted by atomic mass is 16.1. The third-order valence-corrected chi connectivity index (χ3v) is 6.50. The second-order valence-corrected chi connectivity index (χ2v) is 8.60. The first-order valence-electron chi connectivity index (χ1n) is 11.5. The summed E-state index contributed by atoms with van der Waals surface area (Å²) in [5, 5.41) is 6.62. The predicted molar refractivity (Wildman–Crippen MR) is 128 cm³/mol. The van der Waals surface area contributed by atoms with E-state index in [9.17, 15) is 4.79 Å². The molecule has 0 aliphatic carbocycles. The number of anilines is 4. The summed E-state index contributed by atoms with van der Waals surface area (Å²) in [6, 6.07) is 6.89. The van der Waals surface area contributed by atoms with Crippen LogP contribution in [-0.2, 0) is 6.42 Å². The van der Waals surface area contributed by atoms with Gasteiger partial charge in [-0.2, -0.15) is 0 Å². The molecule has 2 aliphatic heterocycles. The van der Waals surface area contributed by atoms with Crippen LogP contribution in [0.5, 0.6) is 0 Å². The van der Waals surface area contributed by atoms with Gasteiger partial charge in [0.15, 0.2) is 11.5 Å². The van der Waals surface area contributed by atoms with E-state index in [4.69, 9.17) is 11.5 Å². The first kappa shape index (κ1) is 22.3. The maximum absolute atomic E-state index is 11.9. The normalized spacial score (nSPS) is 18.0. The van der Waals surface area contributed by atoms with Gasteiger partial charge in [0.05, 0.1) is 5.69 Å². The fraction of sp³-hybridized carbons (Fsp3) is 0.522. The topological polar surface area (TPSA) is 125 Å². The standard InChI is InChI=1S/C23H34N8O/c1-3-18-21(24)29-23(20(28-18)22(25)32)27-16-4-5-19(15(2)14-16)31-10-6-17(7-11-31)30-12-8-26-9-13-30/h4-5,14,17,26H,3,6-13H2,1-2H3,(H2,25,32)(H3,24,27,29). The minimum atomic E-state index is -0.629. The van der Waals surface area contributed by atoms with E-state index in [0.717, 1.165) is 45.0 Å². The summed E-state index contributed by atoms with van der Waals surface area (Å²) in [6.07, 6.45) is 2.97. The molecule has 3 heterocycles. The van der Waals surface area contributed by atoms with Crippen LogP contribution in [0.3, 0.4) is 0 Å². The Bertz CT molecular complexity index is 965. The number of primary amides is 1. The largest absolute Gasteiger partial charge is 0.382 e. The molecule has 9 nitrogen and oxygen atoms in total. The Morgan fingerprint density at radius 2 is 1.91 bits per heavy atom. The number of hydrogen-bond donors (Lipinski definition) is 4. The van der Waals surface area contributed by atoms with Crippen molar-refractivity contribution in [3.8, 4) is 0 Å². The number of nitrogens with zero attached hydrogens (tertiary/aromatic N) is 4. The molecule has 2 saturated heterocycles. The van der Waals surface area contributed by atoms with Gasteiger partial charge in [0.2, 0.25) is 0 Å². The maximum atomic E-state index is 11.9. The van der Waals surface area contributed by atoms with Crippen LogP contribution in [0.15, 0.2) is 18.2 Å². The lowest BCUT2D eigenvalue weighted by Gasteiger charge is -2.41. The number of rotatable bonds is 6. The monoisotopic (exact) mass is 438 g/mol. The minimum absolute atomic E-state index is 0.104. The summed E-state index contributed by atoms with van der Waals surface area (Å²) in [5.41, 5.74) is 15.4.